The van der Waals surface area contributed by atoms with E-state index in [2.05, 4.69) is 20.6 Å². The Morgan fingerprint density at radius 1 is 1.14 bits per heavy atom. The normalized spacial score (nSPS) is 26.7. The van der Waals surface area contributed by atoms with Gasteiger partial charge in [-0.15, -0.1) is 0 Å². The lowest BCUT2D eigenvalue weighted by molar-refractivity contribution is -0.310. The molecule has 0 radical (unpaired) electrons. The second kappa shape index (κ2) is 17.4. The maximum atomic E-state index is 13.7. The minimum Gasteiger partial charge on any atom is -0.455 e. The van der Waals surface area contributed by atoms with Crippen LogP contribution < -0.4 is 21.4 Å². The van der Waals surface area contributed by atoms with Gasteiger partial charge in [0.05, 0.1) is 12.6 Å². The Morgan fingerprint density at radius 3 is 2.38 bits per heavy atom. The van der Waals surface area contributed by atoms with Crippen LogP contribution in [0, 0.1) is 11.3 Å². The quantitative estimate of drug-likeness (QED) is 0.0723. The summed E-state index contributed by atoms with van der Waals surface area (Å²) in [5.41, 5.74) is 3.29. The minimum absolute atomic E-state index is 0.146. The second-order valence-electron chi connectivity index (χ2n) is 15.9. The van der Waals surface area contributed by atoms with Crippen LogP contribution in [0.3, 0.4) is 0 Å². The second-order valence-corrected chi connectivity index (χ2v) is 15.9. The van der Waals surface area contributed by atoms with Gasteiger partial charge in [-0.05, 0) is 52.4 Å². The smallest absolute Gasteiger partial charge is 0.408 e. The van der Waals surface area contributed by atoms with Crippen molar-refractivity contribution >= 4 is 30.1 Å². The van der Waals surface area contributed by atoms with Gasteiger partial charge in [-0.2, -0.15) is 0 Å². The van der Waals surface area contributed by atoms with E-state index in [-0.39, 0.29) is 12.4 Å². The number of ether oxygens (including phenoxy) is 5. The first-order valence-corrected chi connectivity index (χ1v) is 17.5. The van der Waals surface area contributed by atoms with E-state index in [1.54, 1.807) is 61.5 Å². The predicted octanol–water partition coefficient (Wildman–Crippen LogP) is 0.935. The number of carbonyl (C=O) groups excluding carboxylic acids is 3. The van der Waals surface area contributed by atoms with Gasteiger partial charge >= 0.3 is 18.0 Å². The van der Waals surface area contributed by atoms with Gasteiger partial charge in [-0.1, -0.05) is 63.9 Å². The molecule has 1 saturated heterocycles. The Balaban J connectivity index is 1.81. The number of rotatable bonds is 12. The van der Waals surface area contributed by atoms with Gasteiger partial charge in [-0.25, -0.2) is 19.4 Å². The number of amidine groups is 1. The lowest BCUT2D eigenvalue weighted by Gasteiger charge is -2.32. The number of nitrogens with two attached hydrogens (primary N) is 1. The first-order valence-electron chi connectivity index (χ1n) is 17.5. The zero-order valence-electron chi connectivity index (χ0n) is 31.1. The highest BCUT2D eigenvalue weighted by Crippen LogP contribution is 2.33. The molecule has 7 atom stereocenters. The standard InChI is InChI=1S/C35H59N5O10/c1-33(2,3)28(39-32(45)50-34(4,5)6)30(43)49-27-23(18-47-24(41)17-20-13-11-10-12-14-20)48-26(25(27)42)21-15-16-22(38-21)29(37-19-36)40-31(44)35(7,8)46-9/h16,19-21,23-28,38,41-42H,10-15,17-18H2,1-9H3,(H,39,45)(H2,36,37,40,44)/p+1/t21?,23-,24?,25+,26+,27-,28-/m1/s1. The van der Waals surface area contributed by atoms with E-state index >= 15 is 0 Å². The van der Waals surface area contributed by atoms with Crippen LogP contribution in [0.2, 0.25) is 0 Å². The number of amides is 2. The predicted molar refractivity (Wildman–Crippen MR) is 185 cm³/mol. The van der Waals surface area contributed by atoms with Crippen LogP contribution in [-0.2, 0) is 33.3 Å². The molecule has 0 aromatic rings. The Kier molecular flexibility index (Phi) is 14.4. The number of carbonyl (C=O) groups is 3. The number of hydrogen-bond acceptors (Lipinski definition) is 11. The van der Waals surface area contributed by atoms with Gasteiger partial charge in [0, 0.05) is 13.5 Å². The summed E-state index contributed by atoms with van der Waals surface area (Å²) < 4.78 is 28.7. The average molecular weight is 711 g/mol. The van der Waals surface area contributed by atoms with E-state index in [4.69, 9.17) is 29.4 Å². The third-order valence-electron chi connectivity index (χ3n) is 9.13. The number of methoxy groups -OCH3 is 1. The summed E-state index contributed by atoms with van der Waals surface area (Å²) >= 11 is 0. The molecule has 2 aliphatic heterocycles. The third kappa shape index (κ3) is 11.7. The van der Waals surface area contributed by atoms with Gasteiger partial charge in [0.25, 0.3) is 5.84 Å². The molecule has 2 unspecified atom stereocenters. The van der Waals surface area contributed by atoms with Crippen molar-refractivity contribution < 1.29 is 53.3 Å². The molecule has 0 aromatic heterocycles. The Labute approximate surface area is 295 Å². The maximum absolute atomic E-state index is 13.7. The molecule has 0 aromatic carbocycles. The molecule has 15 nitrogen and oxygen atoms in total. The molecule has 2 heterocycles. The summed E-state index contributed by atoms with van der Waals surface area (Å²) in [5, 5.41) is 28.3. The van der Waals surface area contributed by atoms with Crippen molar-refractivity contribution in [3.05, 3.63) is 11.8 Å². The zero-order chi connectivity index (χ0) is 37.4. The van der Waals surface area contributed by atoms with Crippen LogP contribution in [0.15, 0.2) is 16.8 Å². The molecule has 1 aliphatic carbocycles. The van der Waals surface area contributed by atoms with E-state index in [1.165, 1.54) is 13.5 Å². The summed E-state index contributed by atoms with van der Waals surface area (Å²) in [5.74, 6) is -0.839. The summed E-state index contributed by atoms with van der Waals surface area (Å²) in [6.45, 7) is 13.5. The molecular formula is C35H60N5O10+. The first-order chi connectivity index (χ1) is 23.3. The summed E-state index contributed by atoms with van der Waals surface area (Å²) in [6, 6.07) is -1.67. The minimum atomic E-state index is -1.33. The molecule has 0 bridgehead atoms. The van der Waals surface area contributed by atoms with Crippen molar-refractivity contribution in [1.29, 1.82) is 0 Å². The molecule has 3 aliphatic rings. The average Bonchev–Trinajstić information content (AvgIpc) is 3.62. The summed E-state index contributed by atoms with van der Waals surface area (Å²) in [7, 11) is 1.41. The number of alkyl carbamates (subject to hydrolysis) is 1. The van der Waals surface area contributed by atoms with Crippen molar-refractivity contribution in [2.45, 2.75) is 154 Å². The fourth-order valence-corrected chi connectivity index (χ4v) is 6.13. The lowest BCUT2D eigenvalue weighted by Crippen LogP contribution is -2.77. The van der Waals surface area contributed by atoms with Gasteiger partial charge in [0.2, 0.25) is 0 Å². The summed E-state index contributed by atoms with van der Waals surface area (Å²) in [4.78, 5) is 46.1. The molecule has 3 rings (SSSR count). The van der Waals surface area contributed by atoms with Gasteiger partial charge in [0.1, 0.15) is 35.7 Å². The molecule has 7 N–H and O–H groups in total. The van der Waals surface area contributed by atoms with Crippen molar-refractivity contribution in [3.8, 4) is 0 Å². The van der Waals surface area contributed by atoms with E-state index in [0.29, 0.717) is 24.5 Å². The third-order valence-corrected chi connectivity index (χ3v) is 9.13. The number of nitrogens with zero attached hydrogens (tertiary/aromatic N) is 1. The molecule has 2 fully saturated rings. The molecule has 0 spiro atoms. The number of esters is 1. The first kappa shape index (κ1) is 41.3. The molecule has 15 heteroatoms. The number of nitrogens with one attached hydrogen (secondary N) is 3. The van der Waals surface area contributed by atoms with Crippen molar-refractivity contribution in [1.82, 2.24) is 10.6 Å². The maximum Gasteiger partial charge on any atom is 0.408 e. The topological polar surface area (TPSA) is 214 Å². The number of aliphatic hydroxyl groups is 2. The Bertz CT molecular complexity index is 1270. The fraction of sp³-hybridized carbons (Fsp3) is 0.800. The molecule has 1 saturated carbocycles. The molecule has 2 amide bonds. The SMILES string of the molecule is COC(C)(C)C(=O)N=C([NH+]=CN)C1=CCC([C@@H]2O[C@H](COC(O)CC3CCCCC3)[C@@H](OC(=O)[C@@H](NC(=O)OC(C)(C)C)C(C)(C)C)[C@H]2O)N1. The highest BCUT2D eigenvalue weighted by atomic mass is 16.6. The fourth-order valence-electron chi connectivity index (χ4n) is 6.13. The van der Waals surface area contributed by atoms with E-state index < -0.39 is 77.4 Å². The van der Waals surface area contributed by atoms with Crippen molar-refractivity contribution in [2.75, 3.05) is 13.7 Å². The Hall–Kier alpha value is -3.11. The highest BCUT2D eigenvalue weighted by molar-refractivity contribution is 6.02. The van der Waals surface area contributed by atoms with Crippen LogP contribution >= 0.6 is 0 Å². The van der Waals surface area contributed by atoms with Gasteiger partial charge in [-0.3, -0.25) is 0 Å². The van der Waals surface area contributed by atoms with Crippen LogP contribution in [0.25, 0.3) is 0 Å². The van der Waals surface area contributed by atoms with E-state index in [9.17, 15) is 24.6 Å². The van der Waals surface area contributed by atoms with Crippen LogP contribution in [0.1, 0.15) is 100 Å². The largest absolute Gasteiger partial charge is 0.455 e. The van der Waals surface area contributed by atoms with E-state index in [1.807, 2.05) is 0 Å². The monoisotopic (exact) mass is 710 g/mol. The lowest BCUT2D eigenvalue weighted by atomic mass is 9.86. The number of hydrogen-bond donors (Lipinski definition) is 6. The van der Waals surface area contributed by atoms with E-state index in [0.717, 1.165) is 32.0 Å². The summed E-state index contributed by atoms with van der Waals surface area (Å²) in [6.07, 6.45) is 2.97. The number of aliphatic imine (C=N–C) groups is 1. The highest BCUT2D eigenvalue weighted by Gasteiger charge is 2.51. The van der Waals surface area contributed by atoms with Crippen LogP contribution in [0.5, 0.6) is 0 Å². The van der Waals surface area contributed by atoms with Crippen molar-refractivity contribution in [3.63, 3.8) is 0 Å². The zero-order valence-corrected chi connectivity index (χ0v) is 31.1. The van der Waals surface area contributed by atoms with Gasteiger partial charge in [0.15, 0.2) is 24.3 Å². The molecule has 284 valence electrons. The molecule has 50 heavy (non-hydrogen) atoms. The van der Waals surface area contributed by atoms with Gasteiger partial charge < -0.3 is 50.3 Å². The number of aliphatic hydroxyl groups excluding tert-OH is 2. The van der Waals surface area contributed by atoms with Crippen LogP contribution in [-0.4, -0.2) is 108 Å². The van der Waals surface area contributed by atoms with Crippen molar-refractivity contribution in [2.24, 2.45) is 22.1 Å². The van der Waals surface area contributed by atoms with Crippen LogP contribution in [0.4, 0.5) is 4.79 Å². The molecular weight excluding hydrogens is 650 g/mol. The Morgan fingerprint density at radius 2 is 1.80 bits per heavy atom.